The Balaban J connectivity index is 1.91. The van der Waals surface area contributed by atoms with Gasteiger partial charge in [-0.2, -0.15) is 0 Å². The smallest absolute Gasteiger partial charge is 0.262 e. The molecule has 1 aliphatic rings. The van der Waals surface area contributed by atoms with Crippen molar-refractivity contribution in [1.82, 2.24) is 0 Å². The first kappa shape index (κ1) is 19.7. The van der Waals surface area contributed by atoms with E-state index >= 15 is 0 Å². The van der Waals surface area contributed by atoms with E-state index in [1.165, 1.54) is 6.07 Å². The third-order valence-corrected chi connectivity index (χ3v) is 6.28. The molecule has 0 fully saturated rings. The molecule has 0 saturated heterocycles. The fourth-order valence-corrected chi connectivity index (χ4v) is 4.82. The standard InChI is InChI=1S/C20H23ClN2O3S/c1-13(2)12-23-18-8-7-17(10-15(18)5-9-20(23)24)22-27(25,26)19-11-16(21)6-4-14(19)3/h4,6-8,10-11,13,22H,5,9,12H2,1-3H3. The molecule has 144 valence electrons. The SMILES string of the molecule is Cc1ccc(Cl)cc1S(=O)(=O)Nc1ccc2c(c1)CCC(=O)N2CC(C)C. The molecular weight excluding hydrogens is 384 g/mol. The van der Waals surface area contributed by atoms with Crippen LogP contribution in [0.3, 0.4) is 0 Å². The topological polar surface area (TPSA) is 66.5 Å². The second-order valence-electron chi connectivity index (χ2n) is 7.26. The molecule has 0 aliphatic carbocycles. The number of rotatable bonds is 5. The average Bonchev–Trinajstić information content (AvgIpc) is 2.59. The monoisotopic (exact) mass is 406 g/mol. The Hall–Kier alpha value is -2.05. The van der Waals surface area contributed by atoms with Crippen LogP contribution in [-0.2, 0) is 21.2 Å². The maximum atomic E-state index is 12.8. The van der Waals surface area contributed by atoms with Crippen molar-refractivity contribution < 1.29 is 13.2 Å². The van der Waals surface area contributed by atoms with Gasteiger partial charge in [0.25, 0.3) is 10.0 Å². The zero-order chi connectivity index (χ0) is 19.8. The molecular formula is C20H23ClN2O3S. The molecule has 0 radical (unpaired) electrons. The molecule has 0 unspecified atom stereocenters. The minimum atomic E-state index is -3.75. The van der Waals surface area contributed by atoms with Crippen LogP contribution in [-0.4, -0.2) is 20.9 Å². The molecule has 0 atom stereocenters. The minimum Gasteiger partial charge on any atom is -0.312 e. The van der Waals surface area contributed by atoms with Crippen LogP contribution in [0, 0.1) is 12.8 Å². The first-order valence-electron chi connectivity index (χ1n) is 8.89. The van der Waals surface area contributed by atoms with E-state index in [1.54, 1.807) is 30.0 Å². The zero-order valence-corrected chi connectivity index (χ0v) is 17.2. The Bertz CT molecular complexity index is 987. The molecule has 1 aliphatic heterocycles. The predicted molar refractivity (Wildman–Crippen MR) is 109 cm³/mol. The van der Waals surface area contributed by atoms with E-state index < -0.39 is 10.0 Å². The maximum Gasteiger partial charge on any atom is 0.262 e. The number of hydrogen-bond donors (Lipinski definition) is 1. The summed E-state index contributed by atoms with van der Waals surface area (Å²) in [4.78, 5) is 14.2. The summed E-state index contributed by atoms with van der Waals surface area (Å²) in [5, 5.41) is 0.370. The van der Waals surface area contributed by atoms with Crippen molar-refractivity contribution in [2.45, 2.75) is 38.5 Å². The first-order chi connectivity index (χ1) is 12.7. The van der Waals surface area contributed by atoms with Gasteiger partial charge in [-0.05, 0) is 60.7 Å². The molecule has 3 rings (SSSR count). The van der Waals surface area contributed by atoms with E-state index in [9.17, 15) is 13.2 Å². The number of aryl methyl sites for hydroxylation is 2. The van der Waals surface area contributed by atoms with Crippen LogP contribution in [0.15, 0.2) is 41.3 Å². The van der Waals surface area contributed by atoms with Gasteiger partial charge in [0.05, 0.1) is 4.90 Å². The summed E-state index contributed by atoms with van der Waals surface area (Å²) >= 11 is 5.96. The Labute approximate surface area is 165 Å². The fourth-order valence-electron chi connectivity index (χ4n) is 3.26. The van der Waals surface area contributed by atoms with Crippen LogP contribution < -0.4 is 9.62 Å². The quantitative estimate of drug-likeness (QED) is 0.800. The summed E-state index contributed by atoms with van der Waals surface area (Å²) in [6, 6.07) is 10.1. The highest BCUT2D eigenvalue weighted by atomic mass is 35.5. The number of carbonyl (C=O) groups excluding carboxylic acids is 1. The number of hydrogen-bond acceptors (Lipinski definition) is 3. The van der Waals surface area contributed by atoms with Crippen molar-refractivity contribution >= 4 is 38.9 Å². The molecule has 27 heavy (non-hydrogen) atoms. The number of amides is 1. The number of nitrogens with one attached hydrogen (secondary N) is 1. The summed E-state index contributed by atoms with van der Waals surface area (Å²) in [6.45, 7) is 6.51. The molecule has 0 saturated carbocycles. The molecule has 5 nitrogen and oxygen atoms in total. The highest BCUT2D eigenvalue weighted by molar-refractivity contribution is 7.92. The van der Waals surface area contributed by atoms with Gasteiger partial charge >= 0.3 is 0 Å². The molecule has 0 aromatic heterocycles. The number of halogens is 1. The van der Waals surface area contributed by atoms with Gasteiger partial charge in [-0.3, -0.25) is 9.52 Å². The Kier molecular flexibility index (Phi) is 5.49. The minimum absolute atomic E-state index is 0.110. The summed E-state index contributed by atoms with van der Waals surface area (Å²) in [5.41, 5.74) is 2.94. The highest BCUT2D eigenvalue weighted by Crippen LogP contribution is 2.32. The van der Waals surface area contributed by atoms with Crippen molar-refractivity contribution in [3.8, 4) is 0 Å². The highest BCUT2D eigenvalue weighted by Gasteiger charge is 2.25. The van der Waals surface area contributed by atoms with E-state index in [0.717, 1.165) is 11.3 Å². The summed E-state index contributed by atoms with van der Waals surface area (Å²) in [6.07, 6.45) is 1.04. The predicted octanol–water partition coefficient (Wildman–Crippen LogP) is 4.38. The van der Waals surface area contributed by atoms with Crippen LogP contribution in [0.25, 0.3) is 0 Å². The normalized spacial score (nSPS) is 14.4. The van der Waals surface area contributed by atoms with Crippen LogP contribution in [0.4, 0.5) is 11.4 Å². The lowest BCUT2D eigenvalue weighted by Gasteiger charge is -2.31. The fraction of sp³-hybridized carbons (Fsp3) is 0.350. The summed E-state index contributed by atoms with van der Waals surface area (Å²) < 4.78 is 28.2. The van der Waals surface area contributed by atoms with Crippen molar-refractivity contribution in [1.29, 1.82) is 0 Å². The summed E-state index contributed by atoms with van der Waals surface area (Å²) in [7, 11) is -3.75. The second kappa shape index (κ2) is 7.52. The van der Waals surface area contributed by atoms with Crippen molar-refractivity contribution in [2.24, 2.45) is 5.92 Å². The van der Waals surface area contributed by atoms with E-state index in [4.69, 9.17) is 11.6 Å². The van der Waals surface area contributed by atoms with Gasteiger partial charge in [0.15, 0.2) is 0 Å². The van der Waals surface area contributed by atoms with Crippen LogP contribution in [0.5, 0.6) is 0 Å². The van der Waals surface area contributed by atoms with Crippen molar-refractivity contribution in [2.75, 3.05) is 16.2 Å². The van der Waals surface area contributed by atoms with Gasteiger partial charge in [0.2, 0.25) is 5.91 Å². The molecule has 7 heteroatoms. The second-order valence-corrected chi connectivity index (χ2v) is 9.34. The van der Waals surface area contributed by atoms with Gasteiger partial charge in [-0.1, -0.05) is 31.5 Å². The lowest BCUT2D eigenvalue weighted by molar-refractivity contribution is -0.119. The number of nitrogens with zero attached hydrogens (tertiary/aromatic N) is 1. The van der Waals surface area contributed by atoms with Gasteiger partial charge in [-0.25, -0.2) is 8.42 Å². The maximum absolute atomic E-state index is 12.8. The number of sulfonamides is 1. The zero-order valence-electron chi connectivity index (χ0n) is 15.6. The summed E-state index contributed by atoms with van der Waals surface area (Å²) in [5.74, 6) is 0.461. The molecule has 2 aromatic rings. The van der Waals surface area contributed by atoms with Gasteiger partial charge in [-0.15, -0.1) is 0 Å². The van der Waals surface area contributed by atoms with E-state index in [1.807, 2.05) is 12.1 Å². The molecule has 0 spiro atoms. The van der Waals surface area contributed by atoms with E-state index in [0.29, 0.717) is 41.6 Å². The third-order valence-electron chi connectivity index (χ3n) is 4.52. The number of fused-ring (bicyclic) bond motifs is 1. The molecule has 2 aromatic carbocycles. The third kappa shape index (κ3) is 4.28. The largest absolute Gasteiger partial charge is 0.312 e. The van der Waals surface area contributed by atoms with Crippen LogP contribution >= 0.6 is 11.6 Å². The van der Waals surface area contributed by atoms with Gasteiger partial charge < -0.3 is 4.90 Å². The van der Waals surface area contributed by atoms with Crippen LogP contribution in [0.2, 0.25) is 5.02 Å². The molecule has 1 heterocycles. The van der Waals surface area contributed by atoms with E-state index in [-0.39, 0.29) is 10.8 Å². The van der Waals surface area contributed by atoms with E-state index in [2.05, 4.69) is 18.6 Å². The van der Waals surface area contributed by atoms with Crippen molar-refractivity contribution in [3.63, 3.8) is 0 Å². The number of anilines is 2. The number of carbonyl (C=O) groups is 1. The van der Waals surface area contributed by atoms with Crippen LogP contribution in [0.1, 0.15) is 31.4 Å². The molecule has 1 amide bonds. The number of benzene rings is 2. The van der Waals surface area contributed by atoms with Gasteiger partial charge in [0.1, 0.15) is 0 Å². The molecule has 1 N–H and O–H groups in total. The Morgan fingerprint density at radius 3 is 2.59 bits per heavy atom. The van der Waals surface area contributed by atoms with Crippen molar-refractivity contribution in [3.05, 3.63) is 52.5 Å². The average molecular weight is 407 g/mol. The lowest BCUT2D eigenvalue weighted by Crippen LogP contribution is -2.37. The first-order valence-corrected chi connectivity index (χ1v) is 10.8. The Morgan fingerprint density at radius 1 is 1.15 bits per heavy atom. The lowest BCUT2D eigenvalue weighted by atomic mass is 9.99. The Morgan fingerprint density at radius 2 is 1.89 bits per heavy atom. The van der Waals surface area contributed by atoms with Gasteiger partial charge in [0, 0.05) is 29.4 Å². The molecule has 0 bridgehead atoms.